The molecule has 0 saturated heterocycles. The highest BCUT2D eigenvalue weighted by Crippen LogP contribution is 2.26. The van der Waals surface area contributed by atoms with Crippen molar-refractivity contribution in [1.29, 1.82) is 0 Å². The van der Waals surface area contributed by atoms with Gasteiger partial charge in [0.2, 0.25) is 0 Å². The summed E-state index contributed by atoms with van der Waals surface area (Å²) in [7, 11) is 0. The molecule has 0 aliphatic carbocycles. The molecular formula is C29H55NO. The molecule has 1 N–H and O–H groups in total. The first-order valence-corrected chi connectivity index (χ1v) is 13.6. The maximum absolute atomic E-state index is 2.39. The SMILES string of the molecule is CCCCCCCCCCCCCCCC[N+](CCC)(CCC)c1ccc(C)cc1.[OH-]. The van der Waals surface area contributed by atoms with Crippen LogP contribution in [0, 0.1) is 6.92 Å². The van der Waals surface area contributed by atoms with Gasteiger partial charge in [0.15, 0.2) is 0 Å². The van der Waals surface area contributed by atoms with Crippen molar-refractivity contribution in [2.75, 3.05) is 19.6 Å². The van der Waals surface area contributed by atoms with Gasteiger partial charge in [-0.25, -0.2) is 0 Å². The molecule has 0 saturated carbocycles. The maximum Gasteiger partial charge on any atom is 0.132 e. The number of rotatable bonds is 20. The average Bonchev–Trinajstić information content (AvgIpc) is 2.74. The van der Waals surface area contributed by atoms with Crippen LogP contribution in [0.15, 0.2) is 24.3 Å². The van der Waals surface area contributed by atoms with Gasteiger partial charge in [-0.3, -0.25) is 4.48 Å². The second-order valence-electron chi connectivity index (χ2n) is 9.75. The fourth-order valence-electron chi connectivity index (χ4n) is 5.05. The molecule has 0 heterocycles. The van der Waals surface area contributed by atoms with Crippen LogP contribution in [0.5, 0.6) is 0 Å². The zero-order chi connectivity index (χ0) is 21.9. The minimum Gasteiger partial charge on any atom is -0.870 e. The second-order valence-corrected chi connectivity index (χ2v) is 9.75. The van der Waals surface area contributed by atoms with Crippen LogP contribution in [0.2, 0.25) is 0 Å². The number of quaternary nitrogens is 1. The first kappa shape index (κ1) is 30.1. The molecule has 182 valence electrons. The third-order valence-corrected chi connectivity index (χ3v) is 6.82. The van der Waals surface area contributed by atoms with Crippen LogP contribution in [-0.4, -0.2) is 25.1 Å². The molecule has 0 aromatic heterocycles. The topological polar surface area (TPSA) is 30.0 Å². The fourth-order valence-corrected chi connectivity index (χ4v) is 5.05. The number of benzene rings is 1. The van der Waals surface area contributed by atoms with Crippen LogP contribution in [0.3, 0.4) is 0 Å². The lowest BCUT2D eigenvalue weighted by atomic mass is 10.0. The van der Waals surface area contributed by atoms with Gasteiger partial charge in [-0.15, -0.1) is 0 Å². The van der Waals surface area contributed by atoms with E-state index >= 15 is 0 Å². The summed E-state index contributed by atoms with van der Waals surface area (Å²) in [5.41, 5.74) is 2.92. The molecule has 0 spiro atoms. The van der Waals surface area contributed by atoms with E-state index in [4.69, 9.17) is 0 Å². The smallest absolute Gasteiger partial charge is 0.132 e. The minimum atomic E-state index is 0. The average molecular weight is 434 g/mol. The van der Waals surface area contributed by atoms with Gasteiger partial charge in [0.05, 0.1) is 19.6 Å². The van der Waals surface area contributed by atoms with E-state index in [1.54, 1.807) is 5.69 Å². The van der Waals surface area contributed by atoms with Crippen molar-refractivity contribution in [3.63, 3.8) is 0 Å². The van der Waals surface area contributed by atoms with Crippen LogP contribution in [0.25, 0.3) is 0 Å². The molecule has 0 radical (unpaired) electrons. The molecule has 1 aromatic carbocycles. The van der Waals surface area contributed by atoms with E-state index < -0.39 is 0 Å². The van der Waals surface area contributed by atoms with Crippen molar-refractivity contribution >= 4 is 5.69 Å². The lowest BCUT2D eigenvalue weighted by molar-refractivity contribution is 0.265. The molecule has 0 atom stereocenters. The molecule has 0 fully saturated rings. The van der Waals surface area contributed by atoms with Gasteiger partial charge in [-0.05, 0) is 44.7 Å². The van der Waals surface area contributed by atoms with Gasteiger partial charge in [0.25, 0.3) is 0 Å². The monoisotopic (exact) mass is 433 g/mol. The van der Waals surface area contributed by atoms with E-state index in [0.29, 0.717) is 0 Å². The van der Waals surface area contributed by atoms with Crippen LogP contribution >= 0.6 is 0 Å². The standard InChI is InChI=1S/C29H54N.H2O/c1-5-8-9-10-11-12-13-14-15-16-17-18-19-20-27-30(25-6-2,26-7-3)29-23-21-28(4)22-24-29;/h21-24H,5-20,25-27H2,1-4H3;1H2/q+1;/p-1. The number of unbranched alkanes of at least 4 members (excludes halogenated alkanes) is 13. The van der Waals surface area contributed by atoms with Crippen LogP contribution in [0.4, 0.5) is 5.69 Å². The van der Waals surface area contributed by atoms with Crippen molar-refractivity contribution < 1.29 is 5.48 Å². The molecule has 1 aromatic rings. The van der Waals surface area contributed by atoms with E-state index in [-0.39, 0.29) is 5.48 Å². The van der Waals surface area contributed by atoms with Crippen molar-refractivity contribution in [3.05, 3.63) is 29.8 Å². The lowest BCUT2D eigenvalue weighted by Crippen LogP contribution is -2.51. The number of hydrogen-bond acceptors (Lipinski definition) is 1. The van der Waals surface area contributed by atoms with Gasteiger partial charge in [0, 0.05) is 0 Å². The molecule has 0 aliphatic rings. The van der Waals surface area contributed by atoms with E-state index in [9.17, 15) is 0 Å². The molecule has 2 heteroatoms. The fraction of sp³-hybridized carbons (Fsp3) is 0.793. The summed E-state index contributed by atoms with van der Waals surface area (Å²) in [6.45, 7) is 13.1. The van der Waals surface area contributed by atoms with Gasteiger partial charge in [0.1, 0.15) is 5.69 Å². The number of aryl methyl sites for hydroxylation is 1. The highest BCUT2D eigenvalue weighted by Gasteiger charge is 2.27. The van der Waals surface area contributed by atoms with Crippen LogP contribution < -0.4 is 4.48 Å². The lowest BCUT2D eigenvalue weighted by Gasteiger charge is -2.38. The first-order valence-electron chi connectivity index (χ1n) is 13.6. The Kier molecular flexibility index (Phi) is 19.2. The second kappa shape index (κ2) is 19.8. The highest BCUT2D eigenvalue weighted by atomic mass is 16.0. The zero-order valence-corrected chi connectivity index (χ0v) is 21.6. The molecule has 0 amide bonds. The molecule has 0 bridgehead atoms. The minimum absolute atomic E-state index is 0. The Morgan fingerprint density at radius 2 is 0.871 bits per heavy atom. The van der Waals surface area contributed by atoms with Crippen molar-refractivity contribution in [2.24, 2.45) is 0 Å². The summed E-state index contributed by atoms with van der Waals surface area (Å²) < 4.78 is 1.20. The van der Waals surface area contributed by atoms with Gasteiger partial charge < -0.3 is 5.48 Å². The molecule has 2 nitrogen and oxygen atoms in total. The highest BCUT2D eigenvalue weighted by molar-refractivity contribution is 5.44. The van der Waals surface area contributed by atoms with E-state index in [1.165, 1.54) is 132 Å². The number of hydrogen-bond donors (Lipinski definition) is 0. The summed E-state index contributed by atoms with van der Waals surface area (Å²) in [6.07, 6.45) is 22.7. The van der Waals surface area contributed by atoms with Gasteiger partial charge in [-0.1, -0.05) is 116 Å². The predicted octanol–water partition coefficient (Wildman–Crippen LogP) is 9.43. The van der Waals surface area contributed by atoms with Crippen molar-refractivity contribution in [1.82, 2.24) is 4.48 Å². The van der Waals surface area contributed by atoms with Gasteiger partial charge >= 0.3 is 0 Å². The molecule has 0 unspecified atom stereocenters. The van der Waals surface area contributed by atoms with E-state index in [2.05, 4.69) is 52.0 Å². The summed E-state index contributed by atoms with van der Waals surface area (Å²) in [5.74, 6) is 0. The first-order chi connectivity index (χ1) is 14.7. The third kappa shape index (κ3) is 13.3. The summed E-state index contributed by atoms with van der Waals surface area (Å²) >= 11 is 0. The Bertz CT molecular complexity index is 490. The summed E-state index contributed by atoms with van der Waals surface area (Å²) in [5, 5.41) is 0. The Morgan fingerprint density at radius 3 is 1.26 bits per heavy atom. The summed E-state index contributed by atoms with van der Waals surface area (Å²) in [6, 6.07) is 9.40. The van der Waals surface area contributed by atoms with Crippen molar-refractivity contribution in [3.8, 4) is 0 Å². The largest absolute Gasteiger partial charge is 0.870 e. The Labute approximate surface area is 195 Å². The van der Waals surface area contributed by atoms with Crippen molar-refractivity contribution in [2.45, 2.75) is 130 Å². The quantitative estimate of drug-likeness (QED) is 0.149. The molecule has 31 heavy (non-hydrogen) atoms. The molecule has 1 rings (SSSR count). The molecular weight excluding hydrogens is 378 g/mol. The van der Waals surface area contributed by atoms with E-state index in [1.807, 2.05) is 0 Å². The Balaban J connectivity index is 0.00000900. The third-order valence-electron chi connectivity index (χ3n) is 6.82. The normalized spacial score (nSPS) is 11.5. The number of nitrogens with zero attached hydrogens (tertiary/aromatic N) is 1. The van der Waals surface area contributed by atoms with Crippen LogP contribution in [-0.2, 0) is 0 Å². The summed E-state index contributed by atoms with van der Waals surface area (Å²) in [4.78, 5) is 0. The predicted molar refractivity (Wildman–Crippen MR) is 140 cm³/mol. The van der Waals surface area contributed by atoms with Gasteiger partial charge in [-0.2, -0.15) is 0 Å². The zero-order valence-electron chi connectivity index (χ0n) is 21.6. The van der Waals surface area contributed by atoms with E-state index in [0.717, 1.165) is 0 Å². The maximum atomic E-state index is 2.39. The Morgan fingerprint density at radius 1 is 0.484 bits per heavy atom. The van der Waals surface area contributed by atoms with Crippen LogP contribution in [0.1, 0.15) is 129 Å². The Hall–Kier alpha value is -0.860. The molecule has 0 aliphatic heterocycles.